The summed E-state index contributed by atoms with van der Waals surface area (Å²) in [6, 6.07) is 9.38. The lowest BCUT2D eigenvalue weighted by molar-refractivity contribution is 0.102. The molecular formula is C17H17N5O3S. The summed E-state index contributed by atoms with van der Waals surface area (Å²) in [5.41, 5.74) is 1.41. The Kier molecular flexibility index (Phi) is 4.17. The first-order valence-corrected chi connectivity index (χ1v) is 9.73. The molecule has 26 heavy (non-hydrogen) atoms. The van der Waals surface area contributed by atoms with Crippen LogP contribution in [0.2, 0.25) is 0 Å². The monoisotopic (exact) mass is 371 g/mol. The average Bonchev–Trinajstić information content (AvgIpc) is 3.08. The number of nitrogens with zero attached hydrogens (tertiary/aromatic N) is 3. The van der Waals surface area contributed by atoms with Crippen LogP contribution in [0, 0.1) is 0 Å². The molecule has 4 rings (SSSR count). The van der Waals surface area contributed by atoms with Gasteiger partial charge in [0.2, 0.25) is 10.0 Å². The van der Waals surface area contributed by atoms with E-state index in [-0.39, 0.29) is 16.8 Å². The lowest BCUT2D eigenvalue weighted by atomic mass is 9.94. The number of aromatic nitrogens is 3. The number of fused-ring (bicyclic) bond motifs is 1. The molecule has 0 atom stereocenters. The molecular weight excluding hydrogens is 354 g/mol. The molecule has 0 spiro atoms. The zero-order chi connectivity index (χ0) is 18.1. The van der Waals surface area contributed by atoms with Crippen molar-refractivity contribution in [1.82, 2.24) is 19.3 Å². The van der Waals surface area contributed by atoms with E-state index in [1.54, 1.807) is 29.1 Å². The van der Waals surface area contributed by atoms with Gasteiger partial charge in [0.05, 0.1) is 10.6 Å². The van der Waals surface area contributed by atoms with Crippen molar-refractivity contribution in [3.05, 3.63) is 54.5 Å². The summed E-state index contributed by atoms with van der Waals surface area (Å²) in [6.45, 7) is 0. The molecule has 2 aromatic heterocycles. The van der Waals surface area contributed by atoms with Crippen LogP contribution in [0.5, 0.6) is 0 Å². The molecule has 0 radical (unpaired) electrons. The normalized spacial score (nSPS) is 14.9. The van der Waals surface area contributed by atoms with E-state index < -0.39 is 10.0 Å². The number of anilines is 1. The average molecular weight is 371 g/mol. The summed E-state index contributed by atoms with van der Waals surface area (Å²) >= 11 is 0. The third-order valence-electron chi connectivity index (χ3n) is 4.43. The summed E-state index contributed by atoms with van der Waals surface area (Å²) in [7, 11) is -3.55. The van der Waals surface area contributed by atoms with E-state index >= 15 is 0 Å². The topological polar surface area (TPSA) is 105 Å². The van der Waals surface area contributed by atoms with Gasteiger partial charge in [0, 0.05) is 17.8 Å². The Hall–Kier alpha value is -2.78. The second kappa shape index (κ2) is 6.50. The van der Waals surface area contributed by atoms with Crippen LogP contribution >= 0.6 is 0 Å². The highest BCUT2D eigenvalue weighted by Gasteiger charge is 2.24. The Bertz CT molecular complexity index is 1060. The van der Waals surface area contributed by atoms with E-state index in [4.69, 9.17) is 0 Å². The molecule has 1 amide bonds. The van der Waals surface area contributed by atoms with Crippen LogP contribution in [0.25, 0.3) is 5.65 Å². The molecule has 3 aromatic rings. The highest BCUT2D eigenvalue weighted by Crippen LogP contribution is 2.21. The Balaban J connectivity index is 1.51. The zero-order valence-electron chi connectivity index (χ0n) is 13.8. The molecule has 1 aromatic carbocycles. The van der Waals surface area contributed by atoms with Crippen molar-refractivity contribution >= 4 is 27.3 Å². The van der Waals surface area contributed by atoms with Gasteiger partial charge in [0.1, 0.15) is 6.33 Å². The number of hydrogen-bond acceptors (Lipinski definition) is 5. The summed E-state index contributed by atoms with van der Waals surface area (Å²) in [5, 5.41) is 10.5. The van der Waals surface area contributed by atoms with Crippen molar-refractivity contribution in [3.8, 4) is 0 Å². The van der Waals surface area contributed by atoms with Gasteiger partial charge < -0.3 is 5.32 Å². The number of benzene rings is 1. The van der Waals surface area contributed by atoms with Gasteiger partial charge in [-0.3, -0.25) is 9.20 Å². The van der Waals surface area contributed by atoms with Crippen molar-refractivity contribution in [3.63, 3.8) is 0 Å². The van der Waals surface area contributed by atoms with Gasteiger partial charge in [0.15, 0.2) is 5.65 Å². The third-order valence-corrected chi connectivity index (χ3v) is 5.96. The maximum atomic E-state index is 12.4. The minimum atomic E-state index is -3.55. The van der Waals surface area contributed by atoms with Crippen molar-refractivity contribution in [2.24, 2.45) is 0 Å². The number of rotatable bonds is 5. The number of pyridine rings is 1. The Morgan fingerprint density at radius 1 is 1.15 bits per heavy atom. The molecule has 8 nitrogen and oxygen atoms in total. The number of amides is 1. The van der Waals surface area contributed by atoms with Crippen molar-refractivity contribution < 1.29 is 13.2 Å². The van der Waals surface area contributed by atoms with Crippen molar-refractivity contribution in [2.45, 2.75) is 30.2 Å². The largest absolute Gasteiger partial charge is 0.319 e. The fourth-order valence-electron chi connectivity index (χ4n) is 2.74. The fraction of sp³-hybridized carbons (Fsp3) is 0.235. The van der Waals surface area contributed by atoms with Gasteiger partial charge in [-0.15, -0.1) is 10.2 Å². The second-order valence-corrected chi connectivity index (χ2v) is 7.93. The molecule has 1 fully saturated rings. The van der Waals surface area contributed by atoms with Crippen LogP contribution in [-0.2, 0) is 10.0 Å². The maximum absolute atomic E-state index is 12.4. The molecule has 0 bridgehead atoms. The number of carbonyl (C=O) groups excluding carboxylic acids is 1. The molecule has 9 heteroatoms. The lowest BCUT2D eigenvalue weighted by Crippen LogP contribution is -2.39. The number of hydrogen-bond donors (Lipinski definition) is 2. The predicted molar refractivity (Wildman–Crippen MR) is 95.3 cm³/mol. The fourth-order valence-corrected chi connectivity index (χ4v) is 4.05. The zero-order valence-corrected chi connectivity index (χ0v) is 14.6. The molecule has 1 aliphatic rings. The van der Waals surface area contributed by atoms with Crippen molar-refractivity contribution in [2.75, 3.05) is 5.32 Å². The SMILES string of the molecule is O=C(Nc1cccn2cnnc12)c1ccc(S(=O)(=O)NC2CCC2)cc1. The molecule has 1 aliphatic carbocycles. The van der Waals surface area contributed by atoms with Gasteiger partial charge >= 0.3 is 0 Å². The molecule has 134 valence electrons. The maximum Gasteiger partial charge on any atom is 0.255 e. The van der Waals surface area contributed by atoms with Crippen LogP contribution in [0.15, 0.2) is 53.8 Å². The van der Waals surface area contributed by atoms with Crippen LogP contribution in [0.4, 0.5) is 5.69 Å². The third kappa shape index (κ3) is 3.18. The Morgan fingerprint density at radius 3 is 2.62 bits per heavy atom. The van der Waals surface area contributed by atoms with Crippen LogP contribution in [0.3, 0.4) is 0 Å². The van der Waals surface area contributed by atoms with Gasteiger partial charge in [-0.05, 0) is 49.2 Å². The number of sulfonamides is 1. The molecule has 0 unspecified atom stereocenters. The summed E-state index contributed by atoms with van der Waals surface area (Å²) in [4.78, 5) is 12.6. The van der Waals surface area contributed by atoms with Crippen LogP contribution < -0.4 is 10.0 Å². The number of nitrogens with one attached hydrogen (secondary N) is 2. The lowest BCUT2D eigenvalue weighted by Gasteiger charge is -2.26. The van der Waals surface area contributed by atoms with Gasteiger partial charge in [-0.2, -0.15) is 0 Å². The smallest absolute Gasteiger partial charge is 0.255 e. The predicted octanol–water partition coefficient (Wildman–Crippen LogP) is 1.81. The van der Waals surface area contributed by atoms with E-state index in [0.29, 0.717) is 16.9 Å². The highest BCUT2D eigenvalue weighted by atomic mass is 32.2. The minimum absolute atomic E-state index is 0.0200. The standard InChI is InChI=1S/C17H17N5O3S/c23-17(19-15-5-2-10-22-11-18-20-16(15)22)12-6-8-14(9-7-12)26(24,25)21-13-3-1-4-13/h2,5-11,13,21H,1,3-4H2,(H,19,23). The highest BCUT2D eigenvalue weighted by molar-refractivity contribution is 7.89. The van der Waals surface area contributed by atoms with Gasteiger partial charge in [0.25, 0.3) is 5.91 Å². The second-order valence-electron chi connectivity index (χ2n) is 6.21. The van der Waals surface area contributed by atoms with Gasteiger partial charge in [-0.25, -0.2) is 13.1 Å². The quantitative estimate of drug-likeness (QED) is 0.712. The van der Waals surface area contributed by atoms with Crippen LogP contribution in [0.1, 0.15) is 29.6 Å². The molecule has 2 heterocycles. The van der Waals surface area contributed by atoms with Crippen LogP contribution in [-0.4, -0.2) is 35.0 Å². The first kappa shape index (κ1) is 16.7. The Labute approximate surface area is 150 Å². The molecule has 1 saturated carbocycles. The van der Waals surface area contributed by atoms with Gasteiger partial charge in [-0.1, -0.05) is 6.42 Å². The summed E-state index contributed by atoms with van der Waals surface area (Å²) in [5.74, 6) is -0.350. The minimum Gasteiger partial charge on any atom is -0.319 e. The summed E-state index contributed by atoms with van der Waals surface area (Å²) < 4.78 is 28.9. The molecule has 0 saturated heterocycles. The first-order chi connectivity index (χ1) is 12.5. The van der Waals surface area contributed by atoms with E-state index in [0.717, 1.165) is 19.3 Å². The van der Waals surface area contributed by atoms with E-state index in [9.17, 15) is 13.2 Å². The molecule has 0 aliphatic heterocycles. The van der Waals surface area contributed by atoms with E-state index in [1.165, 1.54) is 24.3 Å². The van der Waals surface area contributed by atoms with Crippen molar-refractivity contribution in [1.29, 1.82) is 0 Å². The molecule has 2 N–H and O–H groups in total. The number of carbonyl (C=O) groups is 1. The Morgan fingerprint density at radius 2 is 1.92 bits per heavy atom. The van der Waals surface area contributed by atoms with E-state index in [2.05, 4.69) is 20.2 Å². The van der Waals surface area contributed by atoms with E-state index in [1.807, 2.05) is 0 Å². The first-order valence-electron chi connectivity index (χ1n) is 8.25. The summed E-state index contributed by atoms with van der Waals surface area (Å²) in [6.07, 6.45) is 6.10.